The summed E-state index contributed by atoms with van der Waals surface area (Å²) in [5, 5.41) is 3.38. The van der Waals surface area contributed by atoms with Crippen molar-refractivity contribution in [3.63, 3.8) is 0 Å². The summed E-state index contributed by atoms with van der Waals surface area (Å²) in [5.41, 5.74) is 3.43. The van der Waals surface area contributed by atoms with Crippen molar-refractivity contribution in [3.8, 4) is 0 Å². The molecule has 1 heterocycles. The number of aromatic nitrogens is 2. The SMILES string of the molecule is Cc1cccc(CCNCCn2c(C)cnc(Br)c2=O)c1. The zero-order valence-corrected chi connectivity index (χ0v) is 14.0. The van der Waals surface area contributed by atoms with Crippen LogP contribution in [0.25, 0.3) is 0 Å². The summed E-state index contributed by atoms with van der Waals surface area (Å²) in [6, 6.07) is 8.54. The van der Waals surface area contributed by atoms with Gasteiger partial charge in [-0.1, -0.05) is 29.8 Å². The predicted octanol–water partition coefficient (Wildman–Crippen LogP) is 2.45. The first kappa shape index (κ1) is 15.9. The fourth-order valence-corrected chi connectivity index (χ4v) is 2.56. The number of hydrogen-bond acceptors (Lipinski definition) is 3. The Bertz CT molecular complexity index is 667. The average molecular weight is 350 g/mol. The molecule has 1 aromatic heterocycles. The normalized spacial score (nSPS) is 10.8. The molecule has 2 rings (SSSR count). The molecule has 0 saturated heterocycles. The van der Waals surface area contributed by atoms with E-state index in [9.17, 15) is 4.79 Å². The summed E-state index contributed by atoms with van der Waals surface area (Å²) in [6.07, 6.45) is 2.70. The molecule has 0 unspecified atom stereocenters. The van der Waals surface area contributed by atoms with Crippen LogP contribution in [0.4, 0.5) is 0 Å². The van der Waals surface area contributed by atoms with Crippen molar-refractivity contribution in [1.29, 1.82) is 0 Å². The molecule has 5 heteroatoms. The quantitative estimate of drug-likeness (QED) is 0.814. The fourth-order valence-electron chi connectivity index (χ4n) is 2.24. The third-order valence-corrected chi connectivity index (χ3v) is 3.94. The van der Waals surface area contributed by atoms with Crippen molar-refractivity contribution >= 4 is 15.9 Å². The second kappa shape index (κ2) is 7.52. The molecular weight excluding hydrogens is 330 g/mol. The molecule has 0 radical (unpaired) electrons. The summed E-state index contributed by atoms with van der Waals surface area (Å²) in [4.78, 5) is 15.9. The highest BCUT2D eigenvalue weighted by atomic mass is 79.9. The van der Waals surface area contributed by atoms with E-state index in [1.165, 1.54) is 11.1 Å². The summed E-state index contributed by atoms with van der Waals surface area (Å²) < 4.78 is 2.10. The third-order valence-electron chi connectivity index (χ3n) is 3.40. The number of halogens is 1. The first-order chi connectivity index (χ1) is 10.1. The van der Waals surface area contributed by atoms with E-state index in [0.717, 1.165) is 25.2 Å². The maximum absolute atomic E-state index is 11.9. The Labute approximate surface area is 133 Å². The van der Waals surface area contributed by atoms with E-state index in [2.05, 4.69) is 57.4 Å². The molecule has 2 aromatic rings. The Balaban J connectivity index is 1.80. The first-order valence-corrected chi connectivity index (χ1v) is 7.85. The topological polar surface area (TPSA) is 46.9 Å². The first-order valence-electron chi connectivity index (χ1n) is 7.06. The van der Waals surface area contributed by atoms with Crippen LogP contribution in [0.15, 0.2) is 39.9 Å². The molecule has 0 amide bonds. The number of nitrogens with one attached hydrogen (secondary N) is 1. The number of aryl methyl sites for hydroxylation is 2. The highest BCUT2D eigenvalue weighted by Crippen LogP contribution is 2.04. The molecule has 1 aromatic carbocycles. The van der Waals surface area contributed by atoms with Gasteiger partial charge >= 0.3 is 0 Å². The number of hydrogen-bond donors (Lipinski definition) is 1. The van der Waals surface area contributed by atoms with Gasteiger partial charge in [-0.2, -0.15) is 0 Å². The smallest absolute Gasteiger partial charge is 0.283 e. The van der Waals surface area contributed by atoms with E-state index in [1.807, 2.05) is 6.92 Å². The molecule has 0 aliphatic rings. The molecule has 0 bridgehead atoms. The summed E-state index contributed by atoms with van der Waals surface area (Å²) in [7, 11) is 0. The Kier molecular flexibility index (Phi) is 5.70. The Morgan fingerprint density at radius 2 is 2.10 bits per heavy atom. The molecule has 1 N–H and O–H groups in total. The molecule has 4 nitrogen and oxygen atoms in total. The Morgan fingerprint density at radius 3 is 2.86 bits per heavy atom. The lowest BCUT2D eigenvalue weighted by molar-refractivity contribution is 0.571. The standard InChI is InChI=1S/C16H20BrN3O/c1-12-4-3-5-14(10-12)6-7-18-8-9-20-13(2)11-19-15(17)16(20)21/h3-5,10-11,18H,6-9H2,1-2H3. The van der Waals surface area contributed by atoms with E-state index in [0.29, 0.717) is 11.1 Å². The van der Waals surface area contributed by atoms with E-state index in [-0.39, 0.29) is 5.56 Å². The minimum atomic E-state index is -0.0736. The van der Waals surface area contributed by atoms with Gasteiger partial charge in [-0.15, -0.1) is 0 Å². The molecule has 0 saturated carbocycles. The minimum absolute atomic E-state index is 0.0736. The van der Waals surface area contributed by atoms with Crippen LogP contribution in [0, 0.1) is 13.8 Å². The zero-order chi connectivity index (χ0) is 15.2. The maximum Gasteiger partial charge on any atom is 0.283 e. The van der Waals surface area contributed by atoms with Gasteiger partial charge < -0.3 is 9.88 Å². The molecule has 0 spiro atoms. The van der Waals surface area contributed by atoms with E-state index in [4.69, 9.17) is 0 Å². The molecular formula is C16H20BrN3O. The van der Waals surface area contributed by atoms with Crippen molar-refractivity contribution in [2.75, 3.05) is 13.1 Å². The van der Waals surface area contributed by atoms with Gasteiger partial charge in [0.1, 0.15) is 0 Å². The van der Waals surface area contributed by atoms with Crippen LogP contribution < -0.4 is 10.9 Å². The van der Waals surface area contributed by atoms with Gasteiger partial charge in [-0.3, -0.25) is 4.79 Å². The number of rotatable bonds is 6. The zero-order valence-electron chi connectivity index (χ0n) is 12.4. The van der Waals surface area contributed by atoms with Gasteiger partial charge in [-0.05, 0) is 48.3 Å². The van der Waals surface area contributed by atoms with Crippen molar-refractivity contribution < 1.29 is 0 Å². The highest BCUT2D eigenvalue weighted by Gasteiger charge is 2.04. The van der Waals surface area contributed by atoms with Crippen LogP contribution in [0.2, 0.25) is 0 Å². The second-order valence-corrected chi connectivity index (χ2v) is 5.89. The maximum atomic E-state index is 11.9. The molecule has 0 aliphatic carbocycles. The largest absolute Gasteiger partial charge is 0.315 e. The summed E-state index contributed by atoms with van der Waals surface area (Å²) in [5.74, 6) is 0. The second-order valence-electron chi connectivity index (χ2n) is 5.14. The van der Waals surface area contributed by atoms with Crippen LogP contribution in [0.3, 0.4) is 0 Å². The predicted molar refractivity (Wildman–Crippen MR) is 88.7 cm³/mol. The van der Waals surface area contributed by atoms with Crippen molar-refractivity contribution in [1.82, 2.24) is 14.9 Å². The van der Waals surface area contributed by atoms with Crippen LogP contribution in [-0.2, 0) is 13.0 Å². The monoisotopic (exact) mass is 349 g/mol. The Hall–Kier alpha value is -1.46. The van der Waals surface area contributed by atoms with Crippen LogP contribution >= 0.6 is 15.9 Å². The van der Waals surface area contributed by atoms with Crippen LogP contribution in [0.5, 0.6) is 0 Å². The van der Waals surface area contributed by atoms with Gasteiger partial charge in [0.15, 0.2) is 4.60 Å². The van der Waals surface area contributed by atoms with Gasteiger partial charge in [0.25, 0.3) is 5.56 Å². The molecule has 0 aliphatic heterocycles. The van der Waals surface area contributed by atoms with E-state index >= 15 is 0 Å². The summed E-state index contributed by atoms with van der Waals surface area (Å²) in [6.45, 7) is 6.33. The minimum Gasteiger partial charge on any atom is -0.315 e. The number of nitrogens with zero attached hydrogens (tertiary/aromatic N) is 2. The summed E-state index contributed by atoms with van der Waals surface area (Å²) >= 11 is 3.18. The van der Waals surface area contributed by atoms with Gasteiger partial charge in [0.2, 0.25) is 0 Å². The number of benzene rings is 1. The lowest BCUT2D eigenvalue weighted by atomic mass is 10.1. The van der Waals surface area contributed by atoms with Crippen LogP contribution in [0.1, 0.15) is 16.8 Å². The van der Waals surface area contributed by atoms with Gasteiger partial charge in [-0.25, -0.2) is 4.98 Å². The Morgan fingerprint density at radius 1 is 1.29 bits per heavy atom. The average Bonchev–Trinajstić information content (AvgIpc) is 2.46. The van der Waals surface area contributed by atoms with E-state index < -0.39 is 0 Å². The lowest BCUT2D eigenvalue weighted by Gasteiger charge is -2.10. The molecule has 21 heavy (non-hydrogen) atoms. The fraction of sp³-hybridized carbons (Fsp3) is 0.375. The van der Waals surface area contributed by atoms with Gasteiger partial charge in [0.05, 0.1) is 0 Å². The van der Waals surface area contributed by atoms with Crippen molar-refractivity contribution in [3.05, 3.63) is 62.2 Å². The van der Waals surface area contributed by atoms with E-state index in [1.54, 1.807) is 10.8 Å². The van der Waals surface area contributed by atoms with Gasteiger partial charge in [0, 0.05) is 25.0 Å². The van der Waals surface area contributed by atoms with Crippen molar-refractivity contribution in [2.45, 2.75) is 26.8 Å². The highest BCUT2D eigenvalue weighted by molar-refractivity contribution is 9.10. The molecule has 112 valence electrons. The van der Waals surface area contributed by atoms with Crippen LogP contribution in [-0.4, -0.2) is 22.6 Å². The lowest BCUT2D eigenvalue weighted by Crippen LogP contribution is -2.30. The van der Waals surface area contributed by atoms with Crippen molar-refractivity contribution in [2.24, 2.45) is 0 Å². The molecule has 0 fully saturated rings. The third kappa shape index (κ3) is 4.51. The molecule has 0 atom stereocenters.